The van der Waals surface area contributed by atoms with Crippen LogP contribution in [0.2, 0.25) is 0 Å². The van der Waals surface area contributed by atoms with Crippen molar-refractivity contribution in [3.63, 3.8) is 0 Å². The number of hydrogen-bond donors (Lipinski definition) is 2. The Morgan fingerprint density at radius 1 is 1.36 bits per heavy atom. The van der Waals surface area contributed by atoms with E-state index in [9.17, 15) is 9.59 Å². The predicted molar refractivity (Wildman–Crippen MR) is 142 cm³/mol. The number of nitrogens with zero attached hydrogens (tertiary/aromatic N) is 2. The highest BCUT2D eigenvalue weighted by molar-refractivity contribution is 5.86. The van der Waals surface area contributed by atoms with Crippen molar-refractivity contribution in [2.45, 2.75) is 72.2 Å². The summed E-state index contributed by atoms with van der Waals surface area (Å²) in [7, 11) is 1.84. The number of imidazole rings is 1. The Morgan fingerprint density at radius 3 is 2.81 bits per heavy atom. The van der Waals surface area contributed by atoms with Gasteiger partial charge in [-0.3, -0.25) is 9.59 Å². The van der Waals surface area contributed by atoms with Gasteiger partial charge >= 0.3 is 5.97 Å². The molecule has 0 amide bonds. The molecule has 0 spiro atoms. The number of rotatable bonds is 12. The maximum atomic E-state index is 12.4. The molecule has 1 fully saturated rings. The van der Waals surface area contributed by atoms with Crippen LogP contribution in [-0.4, -0.2) is 54.2 Å². The van der Waals surface area contributed by atoms with Crippen LogP contribution >= 0.6 is 0 Å². The minimum absolute atomic E-state index is 0.140. The Labute approximate surface area is 214 Å². The SMILES string of the molecule is CC[C@H](NCc1ccc2c(c1)nc(C(/C=C(/C)C=O)=C/NC)n2CC1CCCOC1)C(=O)OC(C)C. The van der Waals surface area contributed by atoms with Gasteiger partial charge in [0.25, 0.3) is 0 Å². The van der Waals surface area contributed by atoms with Crippen molar-refractivity contribution in [3.05, 3.63) is 47.4 Å². The fraction of sp³-hybridized carbons (Fsp3) is 0.536. The summed E-state index contributed by atoms with van der Waals surface area (Å²) in [6.45, 7) is 10.3. The largest absolute Gasteiger partial charge is 0.462 e. The fourth-order valence-electron chi connectivity index (χ4n) is 4.46. The molecule has 0 saturated carbocycles. The first-order chi connectivity index (χ1) is 17.4. The van der Waals surface area contributed by atoms with Crippen molar-refractivity contribution < 1.29 is 19.1 Å². The number of fused-ring (bicyclic) bond motifs is 1. The lowest BCUT2D eigenvalue weighted by Crippen LogP contribution is -2.38. The molecule has 2 aromatic rings. The smallest absolute Gasteiger partial charge is 0.323 e. The van der Waals surface area contributed by atoms with E-state index < -0.39 is 0 Å². The summed E-state index contributed by atoms with van der Waals surface area (Å²) < 4.78 is 13.3. The van der Waals surface area contributed by atoms with E-state index in [1.807, 2.05) is 40.1 Å². The molecule has 196 valence electrons. The Bertz CT molecular complexity index is 1100. The minimum Gasteiger partial charge on any atom is -0.462 e. The van der Waals surface area contributed by atoms with Gasteiger partial charge in [-0.15, -0.1) is 0 Å². The maximum absolute atomic E-state index is 12.4. The summed E-state index contributed by atoms with van der Waals surface area (Å²) in [5, 5.41) is 6.42. The summed E-state index contributed by atoms with van der Waals surface area (Å²) in [5.41, 5.74) is 4.41. The summed E-state index contributed by atoms with van der Waals surface area (Å²) in [6.07, 6.45) is 7.26. The minimum atomic E-state index is -0.357. The normalized spacial score (nSPS) is 17.9. The van der Waals surface area contributed by atoms with Crippen molar-refractivity contribution in [1.29, 1.82) is 0 Å². The van der Waals surface area contributed by atoms with Crippen LogP contribution in [0.1, 0.15) is 58.3 Å². The fourth-order valence-corrected chi connectivity index (χ4v) is 4.46. The molecule has 1 aliphatic rings. The van der Waals surface area contributed by atoms with Crippen LogP contribution in [0, 0.1) is 5.92 Å². The molecule has 0 bridgehead atoms. The van der Waals surface area contributed by atoms with Crippen LogP contribution in [0.5, 0.6) is 0 Å². The summed E-state index contributed by atoms with van der Waals surface area (Å²) in [6, 6.07) is 5.87. The zero-order valence-electron chi connectivity index (χ0n) is 22.2. The van der Waals surface area contributed by atoms with Crippen LogP contribution in [0.25, 0.3) is 16.6 Å². The van der Waals surface area contributed by atoms with Crippen molar-refractivity contribution in [2.24, 2.45) is 5.92 Å². The lowest BCUT2D eigenvalue weighted by atomic mass is 10.0. The molecule has 8 heteroatoms. The molecule has 1 aromatic carbocycles. The predicted octanol–water partition coefficient (Wildman–Crippen LogP) is 3.99. The number of aromatic nitrogens is 2. The summed E-state index contributed by atoms with van der Waals surface area (Å²) in [4.78, 5) is 28.7. The number of esters is 1. The van der Waals surface area contributed by atoms with E-state index in [4.69, 9.17) is 14.5 Å². The lowest BCUT2D eigenvalue weighted by molar-refractivity contribution is -0.150. The van der Waals surface area contributed by atoms with E-state index in [1.165, 1.54) is 0 Å². The number of hydrogen-bond acceptors (Lipinski definition) is 7. The highest BCUT2D eigenvalue weighted by Crippen LogP contribution is 2.27. The van der Waals surface area contributed by atoms with Gasteiger partial charge in [-0.05, 0) is 69.4 Å². The second-order valence-corrected chi connectivity index (χ2v) is 9.67. The first-order valence-electron chi connectivity index (χ1n) is 12.9. The second-order valence-electron chi connectivity index (χ2n) is 9.67. The molecule has 2 N–H and O–H groups in total. The number of carbonyl (C=O) groups excluding carboxylic acids is 2. The van der Waals surface area contributed by atoms with Crippen molar-refractivity contribution in [1.82, 2.24) is 20.2 Å². The van der Waals surface area contributed by atoms with Gasteiger partial charge in [0.1, 0.15) is 18.2 Å². The topological polar surface area (TPSA) is 94.5 Å². The molecule has 8 nitrogen and oxygen atoms in total. The number of aldehydes is 1. The average molecular weight is 497 g/mol. The molecule has 1 aromatic heterocycles. The summed E-state index contributed by atoms with van der Waals surface area (Å²) in [5.74, 6) is 0.984. The summed E-state index contributed by atoms with van der Waals surface area (Å²) >= 11 is 0. The van der Waals surface area contributed by atoms with Crippen LogP contribution in [0.4, 0.5) is 0 Å². The quantitative estimate of drug-likeness (QED) is 0.199. The third kappa shape index (κ3) is 7.27. The first kappa shape index (κ1) is 27.6. The van der Waals surface area contributed by atoms with E-state index >= 15 is 0 Å². The Hall–Kier alpha value is -2.97. The molecule has 36 heavy (non-hydrogen) atoms. The molecule has 1 aliphatic heterocycles. The zero-order valence-corrected chi connectivity index (χ0v) is 22.2. The number of ether oxygens (including phenoxy) is 2. The number of carbonyl (C=O) groups is 2. The van der Waals surface area contributed by atoms with Gasteiger partial charge in [0.05, 0.1) is 23.7 Å². The van der Waals surface area contributed by atoms with Gasteiger partial charge in [-0.2, -0.15) is 0 Å². The number of allylic oxidation sites excluding steroid dienone is 3. The standard InChI is InChI=1S/C28H40N4O4/c1-6-24(28(34)36-19(2)3)30-14-21-9-10-26-25(13-21)31-27(23(15-29-5)12-20(4)17-33)32(26)16-22-8-7-11-35-18-22/h9-10,12-13,15,17,19,22,24,29-30H,6-8,11,14,16,18H2,1-5H3/b20-12-,23-15+/t22?,24-/m0/s1. The highest BCUT2D eigenvalue weighted by Gasteiger charge is 2.21. The van der Waals surface area contributed by atoms with Gasteiger partial charge in [-0.25, -0.2) is 4.98 Å². The number of benzene rings is 1. The highest BCUT2D eigenvalue weighted by atomic mass is 16.5. The first-order valence-corrected chi connectivity index (χ1v) is 12.9. The zero-order chi connectivity index (χ0) is 26.1. The van der Waals surface area contributed by atoms with Crippen LogP contribution < -0.4 is 10.6 Å². The monoisotopic (exact) mass is 496 g/mol. The molecule has 2 heterocycles. The Morgan fingerprint density at radius 2 is 2.17 bits per heavy atom. The van der Waals surface area contributed by atoms with Crippen molar-refractivity contribution in [2.75, 3.05) is 20.3 Å². The molecule has 0 radical (unpaired) electrons. The molecule has 3 rings (SSSR count). The molecule has 2 atom stereocenters. The van der Waals surface area contributed by atoms with Gasteiger partial charge in [0, 0.05) is 44.4 Å². The van der Waals surface area contributed by atoms with Gasteiger partial charge in [-0.1, -0.05) is 13.0 Å². The Balaban J connectivity index is 1.94. The third-order valence-corrected chi connectivity index (χ3v) is 6.23. The van der Waals surface area contributed by atoms with Crippen molar-refractivity contribution in [3.8, 4) is 0 Å². The molecule has 1 unspecified atom stereocenters. The second kappa shape index (κ2) is 13.4. The van der Waals surface area contributed by atoms with E-state index in [2.05, 4.69) is 33.4 Å². The van der Waals surface area contributed by atoms with Crippen LogP contribution in [0.3, 0.4) is 0 Å². The molecular weight excluding hydrogens is 456 g/mol. The maximum Gasteiger partial charge on any atom is 0.323 e. The van der Waals surface area contributed by atoms with Crippen molar-refractivity contribution >= 4 is 28.9 Å². The molecular formula is C28H40N4O4. The van der Waals surface area contributed by atoms with E-state index in [1.54, 1.807) is 6.92 Å². The van der Waals surface area contributed by atoms with E-state index in [0.29, 0.717) is 24.5 Å². The van der Waals surface area contributed by atoms with Gasteiger partial charge in [0.15, 0.2) is 0 Å². The van der Waals surface area contributed by atoms with Crippen LogP contribution in [0.15, 0.2) is 36.0 Å². The average Bonchev–Trinajstić information content (AvgIpc) is 3.21. The lowest BCUT2D eigenvalue weighted by Gasteiger charge is -2.23. The number of nitrogens with one attached hydrogen (secondary N) is 2. The molecule has 0 aliphatic carbocycles. The Kier molecular flexibility index (Phi) is 10.3. The molecule has 1 saturated heterocycles. The van der Waals surface area contributed by atoms with Crippen LogP contribution in [-0.2, 0) is 32.2 Å². The third-order valence-electron chi connectivity index (χ3n) is 6.23. The van der Waals surface area contributed by atoms with Gasteiger partial charge < -0.3 is 24.7 Å². The van der Waals surface area contributed by atoms with Gasteiger partial charge in [0.2, 0.25) is 0 Å². The van der Waals surface area contributed by atoms with E-state index in [-0.39, 0.29) is 18.1 Å². The van der Waals surface area contributed by atoms with E-state index in [0.717, 1.165) is 66.9 Å².